The average Bonchev–Trinajstić information content (AvgIpc) is 2.86. The van der Waals surface area contributed by atoms with Crippen LogP contribution in [0, 0.1) is 12.8 Å². The normalized spacial score (nSPS) is 16.9. The van der Waals surface area contributed by atoms with Crippen LogP contribution in [-0.4, -0.2) is 15.0 Å². The highest BCUT2D eigenvalue weighted by Crippen LogP contribution is 2.27. The molecule has 0 aliphatic heterocycles. The number of halogens is 1. The van der Waals surface area contributed by atoms with Crippen LogP contribution in [0.25, 0.3) is 0 Å². The highest BCUT2D eigenvalue weighted by Gasteiger charge is 2.20. The zero-order valence-corrected chi connectivity index (χ0v) is 12.5. The smallest absolute Gasteiger partial charge is 0.240 e. The highest BCUT2D eigenvalue weighted by molar-refractivity contribution is 7.89. The molecule has 106 valence electrons. The van der Waals surface area contributed by atoms with Gasteiger partial charge in [0.25, 0.3) is 0 Å². The van der Waals surface area contributed by atoms with Crippen LogP contribution in [0.3, 0.4) is 0 Å². The fourth-order valence-electron chi connectivity index (χ4n) is 2.35. The van der Waals surface area contributed by atoms with E-state index in [4.69, 9.17) is 17.3 Å². The summed E-state index contributed by atoms with van der Waals surface area (Å²) in [4.78, 5) is 0.138. The van der Waals surface area contributed by atoms with Gasteiger partial charge in [-0.05, 0) is 43.4 Å². The molecule has 6 heteroatoms. The Kier molecular flexibility index (Phi) is 4.38. The van der Waals surface area contributed by atoms with Crippen LogP contribution >= 0.6 is 11.6 Å². The summed E-state index contributed by atoms with van der Waals surface area (Å²) in [6.07, 6.45) is 4.57. The number of nitrogens with one attached hydrogen (secondary N) is 1. The predicted octanol–water partition coefficient (Wildman–Crippen LogP) is 2.70. The molecule has 1 fully saturated rings. The summed E-state index contributed by atoms with van der Waals surface area (Å²) in [6.45, 7) is 2.26. The largest absolute Gasteiger partial charge is 0.398 e. The van der Waals surface area contributed by atoms with Crippen molar-refractivity contribution in [3.05, 3.63) is 22.7 Å². The quantitative estimate of drug-likeness (QED) is 0.840. The number of benzene rings is 1. The van der Waals surface area contributed by atoms with Crippen molar-refractivity contribution in [1.29, 1.82) is 0 Å². The number of hydrogen-bond acceptors (Lipinski definition) is 3. The zero-order valence-electron chi connectivity index (χ0n) is 10.9. The topological polar surface area (TPSA) is 72.2 Å². The molecule has 0 radical (unpaired) electrons. The third-order valence-corrected chi connectivity index (χ3v) is 5.50. The van der Waals surface area contributed by atoms with Crippen molar-refractivity contribution in [2.24, 2.45) is 5.92 Å². The molecule has 0 saturated heterocycles. The van der Waals surface area contributed by atoms with Crippen molar-refractivity contribution in [1.82, 2.24) is 4.72 Å². The molecule has 0 unspecified atom stereocenters. The van der Waals surface area contributed by atoms with Crippen LogP contribution in [-0.2, 0) is 10.0 Å². The maximum Gasteiger partial charge on any atom is 0.240 e. The minimum atomic E-state index is -3.52. The van der Waals surface area contributed by atoms with E-state index >= 15 is 0 Å². The first-order valence-electron chi connectivity index (χ1n) is 6.45. The fourth-order valence-corrected chi connectivity index (χ4v) is 3.82. The standard InChI is InChI=1S/C13H19ClN2O2S/c1-9-12(14)6-11(7-13(9)15)19(17,18)16-8-10-4-2-3-5-10/h6-7,10,16H,2-5,8,15H2,1H3. The van der Waals surface area contributed by atoms with E-state index < -0.39 is 10.0 Å². The van der Waals surface area contributed by atoms with Gasteiger partial charge in [0.15, 0.2) is 0 Å². The van der Waals surface area contributed by atoms with E-state index in [0.717, 1.165) is 12.8 Å². The molecule has 0 atom stereocenters. The van der Waals surface area contributed by atoms with Gasteiger partial charge in [-0.1, -0.05) is 24.4 Å². The van der Waals surface area contributed by atoms with Gasteiger partial charge < -0.3 is 5.73 Å². The molecule has 19 heavy (non-hydrogen) atoms. The Morgan fingerprint density at radius 3 is 2.58 bits per heavy atom. The molecule has 1 aromatic carbocycles. The maximum absolute atomic E-state index is 12.2. The van der Waals surface area contributed by atoms with E-state index in [1.165, 1.54) is 25.0 Å². The minimum Gasteiger partial charge on any atom is -0.398 e. The highest BCUT2D eigenvalue weighted by atomic mass is 35.5. The van der Waals surface area contributed by atoms with Gasteiger partial charge in [0.05, 0.1) is 4.90 Å². The number of nitrogen functional groups attached to an aromatic ring is 1. The SMILES string of the molecule is Cc1c(N)cc(S(=O)(=O)NCC2CCCC2)cc1Cl. The van der Waals surface area contributed by atoms with Gasteiger partial charge in [0.1, 0.15) is 0 Å². The Labute approximate surface area is 119 Å². The minimum absolute atomic E-state index is 0.138. The summed E-state index contributed by atoms with van der Waals surface area (Å²) in [6, 6.07) is 2.91. The first-order valence-corrected chi connectivity index (χ1v) is 8.31. The van der Waals surface area contributed by atoms with Gasteiger partial charge >= 0.3 is 0 Å². The summed E-state index contributed by atoms with van der Waals surface area (Å²) in [5.74, 6) is 0.452. The zero-order chi connectivity index (χ0) is 14.0. The number of nitrogens with two attached hydrogens (primary N) is 1. The second-order valence-corrected chi connectivity index (χ2v) is 7.30. The van der Waals surface area contributed by atoms with Crippen LogP contribution in [0.15, 0.2) is 17.0 Å². The first-order chi connectivity index (χ1) is 8.90. The maximum atomic E-state index is 12.2. The second-order valence-electron chi connectivity index (χ2n) is 5.12. The van der Waals surface area contributed by atoms with Crippen LogP contribution in [0.5, 0.6) is 0 Å². The van der Waals surface area contributed by atoms with Crippen molar-refractivity contribution in [2.45, 2.75) is 37.5 Å². The summed E-state index contributed by atoms with van der Waals surface area (Å²) in [5.41, 5.74) is 6.86. The van der Waals surface area contributed by atoms with Gasteiger partial charge in [0.2, 0.25) is 10.0 Å². The summed E-state index contributed by atoms with van der Waals surface area (Å²) < 4.78 is 27.0. The van der Waals surface area contributed by atoms with Gasteiger partial charge in [-0.2, -0.15) is 0 Å². The third-order valence-electron chi connectivity index (χ3n) is 3.71. The third kappa shape index (κ3) is 3.41. The number of sulfonamides is 1. The number of hydrogen-bond donors (Lipinski definition) is 2. The van der Waals surface area contributed by atoms with E-state index in [1.54, 1.807) is 6.92 Å². The molecule has 0 aromatic heterocycles. The summed E-state index contributed by atoms with van der Waals surface area (Å²) >= 11 is 5.98. The number of rotatable bonds is 4. The Bertz CT molecular complexity index is 543. The Balaban J connectivity index is 2.14. The monoisotopic (exact) mass is 302 g/mol. The molecule has 0 heterocycles. The molecule has 1 saturated carbocycles. The van der Waals surface area contributed by atoms with E-state index in [1.807, 2.05) is 0 Å². The van der Waals surface area contributed by atoms with Gasteiger partial charge in [0, 0.05) is 17.3 Å². The van der Waals surface area contributed by atoms with Crippen molar-refractivity contribution in [2.75, 3.05) is 12.3 Å². The summed E-state index contributed by atoms with van der Waals surface area (Å²) in [7, 11) is -3.52. The van der Waals surface area contributed by atoms with Crippen molar-refractivity contribution < 1.29 is 8.42 Å². The van der Waals surface area contributed by atoms with Crippen LogP contribution in [0.1, 0.15) is 31.2 Å². The average molecular weight is 303 g/mol. The molecule has 3 N–H and O–H groups in total. The van der Waals surface area contributed by atoms with E-state index in [9.17, 15) is 8.42 Å². The lowest BCUT2D eigenvalue weighted by molar-refractivity contribution is 0.519. The molecule has 4 nitrogen and oxygen atoms in total. The lowest BCUT2D eigenvalue weighted by Crippen LogP contribution is -2.28. The molecule has 1 aliphatic rings. The molecule has 1 aromatic rings. The van der Waals surface area contributed by atoms with Gasteiger partial charge in [-0.15, -0.1) is 0 Å². The van der Waals surface area contributed by atoms with Crippen molar-refractivity contribution in [3.63, 3.8) is 0 Å². The lowest BCUT2D eigenvalue weighted by Gasteiger charge is -2.13. The molecule has 0 bridgehead atoms. The predicted molar refractivity (Wildman–Crippen MR) is 77.7 cm³/mol. The van der Waals surface area contributed by atoms with Gasteiger partial charge in [-0.25, -0.2) is 13.1 Å². The van der Waals surface area contributed by atoms with Crippen LogP contribution in [0.2, 0.25) is 5.02 Å². The van der Waals surface area contributed by atoms with Crippen molar-refractivity contribution >= 4 is 27.3 Å². The Morgan fingerprint density at radius 1 is 1.37 bits per heavy atom. The van der Waals surface area contributed by atoms with E-state index in [-0.39, 0.29) is 4.90 Å². The molecule has 2 rings (SSSR count). The van der Waals surface area contributed by atoms with Gasteiger partial charge in [-0.3, -0.25) is 0 Å². The first kappa shape index (κ1) is 14.6. The molecular weight excluding hydrogens is 284 g/mol. The fraction of sp³-hybridized carbons (Fsp3) is 0.538. The lowest BCUT2D eigenvalue weighted by atomic mass is 10.1. The van der Waals surface area contributed by atoms with Crippen LogP contribution < -0.4 is 10.5 Å². The summed E-state index contributed by atoms with van der Waals surface area (Å²) in [5, 5.41) is 0.376. The van der Waals surface area contributed by atoms with Crippen molar-refractivity contribution in [3.8, 4) is 0 Å². The van der Waals surface area contributed by atoms with E-state index in [2.05, 4.69) is 4.72 Å². The molecule has 0 spiro atoms. The Morgan fingerprint density at radius 2 is 2.00 bits per heavy atom. The van der Waals surface area contributed by atoms with E-state index in [0.29, 0.717) is 28.7 Å². The molecule has 1 aliphatic carbocycles. The van der Waals surface area contributed by atoms with Crippen LogP contribution in [0.4, 0.5) is 5.69 Å². The molecular formula is C13H19ClN2O2S. The second kappa shape index (κ2) is 5.69. The Hall–Kier alpha value is -0.780. The number of anilines is 1. The molecule has 0 amide bonds.